The lowest BCUT2D eigenvalue weighted by Gasteiger charge is -2.15. The average molecular weight is 1020 g/mol. The van der Waals surface area contributed by atoms with Gasteiger partial charge in [0.05, 0.1) is 6.61 Å². The van der Waals surface area contributed by atoms with Crippen molar-refractivity contribution in [1.29, 1.82) is 0 Å². The molecule has 1 N–H and O–H groups in total. The van der Waals surface area contributed by atoms with Crippen LogP contribution in [0.15, 0.2) is 170 Å². The zero-order valence-corrected chi connectivity index (χ0v) is 47.3. The quantitative estimate of drug-likeness (QED) is 0.0373. The highest BCUT2D eigenvalue weighted by atomic mass is 16.6. The van der Waals surface area contributed by atoms with Crippen molar-refractivity contribution < 1.29 is 24.2 Å². The van der Waals surface area contributed by atoms with Crippen LogP contribution in [-0.2, 0) is 19.1 Å². The first-order valence-corrected chi connectivity index (χ1v) is 29.7. The third-order valence-electron chi connectivity index (χ3n) is 12.0. The van der Waals surface area contributed by atoms with E-state index in [4.69, 9.17) is 9.47 Å². The molecule has 0 saturated heterocycles. The van der Waals surface area contributed by atoms with E-state index in [1.54, 1.807) is 0 Å². The van der Waals surface area contributed by atoms with Crippen LogP contribution in [0.3, 0.4) is 0 Å². The van der Waals surface area contributed by atoms with Gasteiger partial charge in [-0.3, -0.25) is 9.59 Å². The van der Waals surface area contributed by atoms with E-state index in [2.05, 4.69) is 184 Å². The molecular weight excluding hydrogens is 909 g/mol. The van der Waals surface area contributed by atoms with Crippen molar-refractivity contribution in [2.75, 3.05) is 13.2 Å². The van der Waals surface area contributed by atoms with Crippen LogP contribution in [0, 0.1) is 0 Å². The van der Waals surface area contributed by atoms with Crippen LogP contribution in [0.2, 0.25) is 0 Å². The SMILES string of the molecule is CC/C=C\C/C=C\C/C=C\C/C=C\C/C=C\C/C=C\C/C=C\CCCCCCCCCCCCCCCC(=O)OC(CO)COC(=O)CCCCC/C=C\C/C=C\C/C=C\C/C=C\C/C=C\C/C=C\C/C=C\CC. The number of hydrogen-bond acceptors (Lipinski definition) is 5. The third kappa shape index (κ3) is 59.8. The number of aliphatic hydroxyl groups is 1. The highest BCUT2D eigenvalue weighted by Gasteiger charge is 2.16. The van der Waals surface area contributed by atoms with Gasteiger partial charge in [-0.2, -0.15) is 0 Å². The predicted octanol–water partition coefficient (Wildman–Crippen LogP) is 20.5. The Balaban J connectivity index is 3.61. The third-order valence-corrected chi connectivity index (χ3v) is 12.0. The maximum atomic E-state index is 12.3. The first-order valence-electron chi connectivity index (χ1n) is 29.7. The lowest BCUT2D eigenvalue weighted by molar-refractivity contribution is -0.161. The standard InChI is InChI=1S/C69H108O5/c1-3-5-7-9-11-13-15-17-19-21-23-25-27-29-30-31-32-33-34-35-36-37-38-40-42-44-46-48-50-52-54-56-58-60-62-64-69(72)74-67(65-70)66-73-68(71)63-61-59-57-55-53-51-49-47-45-43-41-39-28-26-24-22-20-18-16-14-12-10-8-6-4-2/h5-8,11-14,17-20,23-26,29-30,32-33,35-36,39,41,45,47,51,53,67,70H,3-4,9-10,15-16,21-22,27-28,31,34,37-38,40,42-44,46,48-50,52,54-66H2,1-2H3/b7-5-,8-6-,13-11-,14-12-,19-17-,20-18-,25-23-,26-24-,30-29-,33-32-,36-35-,41-39-,47-45-,53-51-. The normalized spacial score (nSPS) is 13.5. The molecule has 0 amide bonds. The molecule has 414 valence electrons. The van der Waals surface area contributed by atoms with Gasteiger partial charge in [-0.1, -0.05) is 261 Å². The number of esters is 2. The molecular formula is C69H108O5. The van der Waals surface area contributed by atoms with Crippen LogP contribution >= 0.6 is 0 Å². The summed E-state index contributed by atoms with van der Waals surface area (Å²) in [5.74, 6) is -0.641. The van der Waals surface area contributed by atoms with Crippen molar-refractivity contribution in [1.82, 2.24) is 0 Å². The molecule has 0 heterocycles. The van der Waals surface area contributed by atoms with E-state index >= 15 is 0 Å². The fourth-order valence-electron chi connectivity index (χ4n) is 7.63. The Morgan fingerprint density at radius 1 is 0.311 bits per heavy atom. The number of carbonyl (C=O) groups excluding carboxylic acids is 2. The lowest BCUT2D eigenvalue weighted by atomic mass is 10.0. The summed E-state index contributed by atoms with van der Waals surface area (Å²) in [5, 5.41) is 9.66. The Morgan fingerprint density at radius 3 is 0.824 bits per heavy atom. The Kier molecular flexibility index (Phi) is 58.5. The van der Waals surface area contributed by atoms with Gasteiger partial charge >= 0.3 is 11.9 Å². The molecule has 0 rings (SSSR count). The summed E-state index contributed by atoms with van der Waals surface area (Å²) < 4.78 is 10.7. The number of rotatable bonds is 52. The molecule has 0 bridgehead atoms. The topological polar surface area (TPSA) is 72.8 Å². The second-order valence-electron chi connectivity index (χ2n) is 19.0. The molecule has 0 saturated carbocycles. The van der Waals surface area contributed by atoms with E-state index in [-0.39, 0.29) is 25.2 Å². The van der Waals surface area contributed by atoms with Crippen LogP contribution in [-0.4, -0.2) is 36.4 Å². The molecule has 0 aliphatic rings. The summed E-state index contributed by atoms with van der Waals surface area (Å²) in [5.41, 5.74) is 0. The van der Waals surface area contributed by atoms with Gasteiger partial charge in [-0.15, -0.1) is 0 Å². The molecule has 0 aromatic rings. The Bertz CT molecular complexity index is 1670. The number of carbonyl (C=O) groups is 2. The molecule has 74 heavy (non-hydrogen) atoms. The molecule has 0 aromatic carbocycles. The zero-order chi connectivity index (χ0) is 53.4. The molecule has 1 unspecified atom stereocenters. The average Bonchev–Trinajstić information content (AvgIpc) is 3.40. The van der Waals surface area contributed by atoms with Gasteiger partial charge in [0.25, 0.3) is 0 Å². The molecule has 0 aromatic heterocycles. The molecule has 5 nitrogen and oxygen atoms in total. The smallest absolute Gasteiger partial charge is 0.306 e. The highest BCUT2D eigenvalue weighted by molar-refractivity contribution is 5.70. The Hall–Kier alpha value is -4.74. The van der Waals surface area contributed by atoms with Gasteiger partial charge in [0.1, 0.15) is 6.61 Å². The molecule has 0 fully saturated rings. The van der Waals surface area contributed by atoms with E-state index in [9.17, 15) is 14.7 Å². The molecule has 0 radical (unpaired) electrons. The van der Waals surface area contributed by atoms with Gasteiger partial charge in [-0.05, 0) is 128 Å². The van der Waals surface area contributed by atoms with E-state index in [1.807, 2.05) is 0 Å². The number of hydrogen-bond donors (Lipinski definition) is 1. The van der Waals surface area contributed by atoms with E-state index < -0.39 is 6.10 Å². The molecule has 0 spiro atoms. The van der Waals surface area contributed by atoms with E-state index in [0.29, 0.717) is 12.8 Å². The first-order chi connectivity index (χ1) is 36.6. The summed E-state index contributed by atoms with van der Waals surface area (Å²) in [6.45, 7) is 3.88. The van der Waals surface area contributed by atoms with Gasteiger partial charge in [0, 0.05) is 12.8 Å². The Morgan fingerprint density at radius 2 is 0.541 bits per heavy atom. The molecule has 5 heteroatoms. The highest BCUT2D eigenvalue weighted by Crippen LogP contribution is 2.15. The fraction of sp³-hybridized carbons (Fsp3) is 0.565. The van der Waals surface area contributed by atoms with E-state index in [0.717, 1.165) is 135 Å². The fourth-order valence-corrected chi connectivity index (χ4v) is 7.63. The lowest BCUT2D eigenvalue weighted by Crippen LogP contribution is -2.28. The zero-order valence-electron chi connectivity index (χ0n) is 47.3. The molecule has 0 aliphatic carbocycles. The van der Waals surface area contributed by atoms with Crippen molar-refractivity contribution in [2.24, 2.45) is 0 Å². The number of unbranched alkanes of at least 4 members (excludes halogenated alkanes) is 16. The molecule has 0 aliphatic heterocycles. The minimum Gasteiger partial charge on any atom is -0.462 e. The van der Waals surface area contributed by atoms with Crippen molar-refractivity contribution >= 4 is 11.9 Å². The second-order valence-corrected chi connectivity index (χ2v) is 19.0. The largest absolute Gasteiger partial charge is 0.462 e. The van der Waals surface area contributed by atoms with Gasteiger partial charge in [0.2, 0.25) is 0 Å². The number of aliphatic hydroxyl groups excluding tert-OH is 1. The van der Waals surface area contributed by atoms with Crippen molar-refractivity contribution in [3.8, 4) is 0 Å². The van der Waals surface area contributed by atoms with Gasteiger partial charge in [-0.25, -0.2) is 0 Å². The second kappa shape index (κ2) is 62.6. The van der Waals surface area contributed by atoms with Crippen LogP contribution in [0.25, 0.3) is 0 Å². The van der Waals surface area contributed by atoms with Crippen molar-refractivity contribution in [2.45, 2.75) is 238 Å². The summed E-state index contributed by atoms with van der Waals surface area (Å²) in [4.78, 5) is 24.5. The van der Waals surface area contributed by atoms with Gasteiger partial charge < -0.3 is 14.6 Å². The first kappa shape index (κ1) is 69.3. The van der Waals surface area contributed by atoms with Crippen LogP contribution in [0.4, 0.5) is 0 Å². The number of allylic oxidation sites excluding steroid dienone is 28. The Labute approximate surface area is 455 Å². The summed E-state index contributed by atoms with van der Waals surface area (Å²) >= 11 is 0. The summed E-state index contributed by atoms with van der Waals surface area (Å²) in [6.07, 6.45) is 97.5. The van der Waals surface area contributed by atoms with Crippen molar-refractivity contribution in [3.05, 3.63) is 170 Å². The summed E-state index contributed by atoms with van der Waals surface area (Å²) in [7, 11) is 0. The predicted molar refractivity (Wildman–Crippen MR) is 324 cm³/mol. The van der Waals surface area contributed by atoms with Crippen LogP contribution in [0.5, 0.6) is 0 Å². The molecule has 1 atom stereocenters. The number of ether oxygens (including phenoxy) is 2. The van der Waals surface area contributed by atoms with E-state index in [1.165, 1.54) is 70.6 Å². The maximum absolute atomic E-state index is 12.3. The van der Waals surface area contributed by atoms with Gasteiger partial charge in [0.15, 0.2) is 6.10 Å². The summed E-state index contributed by atoms with van der Waals surface area (Å²) in [6, 6.07) is 0. The minimum atomic E-state index is -0.801. The minimum absolute atomic E-state index is 0.0944. The monoisotopic (exact) mass is 1020 g/mol. The maximum Gasteiger partial charge on any atom is 0.306 e. The van der Waals surface area contributed by atoms with Crippen molar-refractivity contribution in [3.63, 3.8) is 0 Å². The van der Waals surface area contributed by atoms with Crippen LogP contribution < -0.4 is 0 Å². The van der Waals surface area contributed by atoms with Crippen LogP contribution in [0.1, 0.15) is 232 Å².